The van der Waals surface area contributed by atoms with Crippen LogP contribution in [0.25, 0.3) is 0 Å². The highest BCUT2D eigenvalue weighted by Gasteiger charge is 2.29. The number of halogens is 2. The molecule has 0 aliphatic carbocycles. The Balaban J connectivity index is 1.38. The Morgan fingerprint density at radius 1 is 1.09 bits per heavy atom. The average molecular weight is 515 g/mol. The Hall–Kier alpha value is -2.94. The maximum atomic E-state index is 12.7. The van der Waals surface area contributed by atoms with Crippen LogP contribution in [0.3, 0.4) is 0 Å². The first-order valence-corrected chi connectivity index (χ1v) is 12.3. The van der Waals surface area contributed by atoms with Gasteiger partial charge in [0.1, 0.15) is 5.84 Å². The van der Waals surface area contributed by atoms with Gasteiger partial charge in [0.15, 0.2) is 0 Å². The maximum absolute atomic E-state index is 12.7. The van der Waals surface area contributed by atoms with E-state index in [0.717, 1.165) is 31.5 Å². The highest BCUT2D eigenvalue weighted by molar-refractivity contribution is 6.42. The molecular formula is C25H28Cl2N6O2. The topological polar surface area (TPSA) is 115 Å². The van der Waals surface area contributed by atoms with Gasteiger partial charge in [-0.15, -0.1) is 0 Å². The summed E-state index contributed by atoms with van der Waals surface area (Å²) < 4.78 is 0. The number of hydrogen-bond donors (Lipinski definition) is 3. The van der Waals surface area contributed by atoms with Crippen molar-refractivity contribution in [3.05, 3.63) is 63.6 Å². The van der Waals surface area contributed by atoms with E-state index in [-0.39, 0.29) is 18.0 Å². The number of nitrogens with two attached hydrogens (primary N) is 1. The van der Waals surface area contributed by atoms with Crippen molar-refractivity contribution in [1.29, 1.82) is 5.41 Å². The van der Waals surface area contributed by atoms with Crippen molar-refractivity contribution in [3.8, 4) is 0 Å². The minimum Gasteiger partial charge on any atom is -0.386 e. The van der Waals surface area contributed by atoms with E-state index in [1.54, 1.807) is 42.5 Å². The van der Waals surface area contributed by atoms with E-state index in [4.69, 9.17) is 34.3 Å². The highest BCUT2D eigenvalue weighted by atomic mass is 35.5. The first kappa shape index (κ1) is 25.2. The molecule has 2 heterocycles. The summed E-state index contributed by atoms with van der Waals surface area (Å²) >= 11 is 12.5. The van der Waals surface area contributed by atoms with E-state index in [1.165, 1.54) is 0 Å². The minimum atomic E-state index is -0.525. The summed E-state index contributed by atoms with van der Waals surface area (Å²) in [6, 6.07) is 11.6. The van der Waals surface area contributed by atoms with Crippen LogP contribution in [-0.4, -0.2) is 65.4 Å². The number of aliphatic imine (C=N–C) groups is 1. The molecular weight excluding hydrogens is 487 g/mol. The first-order valence-electron chi connectivity index (χ1n) is 11.6. The summed E-state index contributed by atoms with van der Waals surface area (Å²) in [5.74, 6) is -0.139. The predicted octanol–water partition coefficient (Wildman–Crippen LogP) is 3.82. The molecule has 1 atom stereocenters. The largest absolute Gasteiger partial charge is 0.386 e. The second kappa shape index (κ2) is 11.2. The Labute approximate surface area is 214 Å². The Bertz CT molecular complexity index is 1150. The molecule has 0 bridgehead atoms. The van der Waals surface area contributed by atoms with Gasteiger partial charge in [-0.3, -0.25) is 24.9 Å². The number of anilines is 1. The molecule has 1 unspecified atom stereocenters. The predicted molar refractivity (Wildman–Crippen MR) is 140 cm³/mol. The Kier molecular flexibility index (Phi) is 8.05. The van der Waals surface area contributed by atoms with Crippen molar-refractivity contribution in [3.63, 3.8) is 0 Å². The van der Waals surface area contributed by atoms with E-state index in [2.05, 4.69) is 15.2 Å². The molecule has 2 aromatic rings. The molecule has 0 aromatic heterocycles. The lowest BCUT2D eigenvalue weighted by Gasteiger charge is -2.34. The second-order valence-corrected chi connectivity index (χ2v) is 9.59. The van der Waals surface area contributed by atoms with Crippen LogP contribution < -0.4 is 11.1 Å². The van der Waals surface area contributed by atoms with Crippen molar-refractivity contribution in [2.75, 3.05) is 31.5 Å². The van der Waals surface area contributed by atoms with Crippen LogP contribution in [0.15, 0.2) is 47.5 Å². The van der Waals surface area contributed by atoms with Crippen LogP contribution in [0.1, 0.15) is 35.2 Å². The number of carbonyl (C=O) groups excluding carboxylic acids is 2. The zero-order valence-electron chi connectivity index (χ0n) is 19.3. The SMILES string of the molecule is N=C(CC1C(N)=NCCN1Cc1cc(Cl)ccc1Cl)C(=O)Nc1ccc(C(=O)N2CCCC2)cc1. The van der Waals surface area contributed by atoms with Gasteiger partial charge in [-0.25, -0.2) is 0 Å². The summed E-state index contributed by atoms with van der Waals surface area (Å²) in [7, 11) is 0. The van der Waals surface area contributed by atoms with Crippen molar-refractivity contribution >= 4 is 52.3 Å². The van der Waals surface area contributed by atoms with Gasteiger partial charge in [0.2, 0.25) is 0 Å². The van der Waals surface area contributed by atoms with Gasteiger partial charge in [0.25, 0.3) is 11.8 Å². The van der Waals surface area contributed by atoms with Crippen molar-refractivity contribution in [2.45, 2.75) is 31.8 Å². The monoisotopic (exact) mass is 514 g/mol. The number of amides is 2. The Morgan fingerprint density at radius 3 is 2.51 bits per heavy atom. The number of nitrogens with zero attached hydrogens (tertiary/aromatic N) is 3. The molecule has 4 N–H and O–H groups in total. The van der Waals surface area contributed by atoms with Crippen molar-refractivity contribution in [2.24, 2.45) is 10.7 Å². The van der Waals surface area contributed by atoms with Gasteiger partial charge in [-0.05, 0) is 60.9 Å². The molecule has 8 nitrogen and oxygen atoms in total. The quantitative estimate of drug-likeness (QED) is 0.487. The van der Waals surface area contributed by atoms with Gasteiger partial charge < -0.3 is 16.0 Å². The summed E-state index contributed by atoms with van der Waals surface area (Å²) in [6.45, 7) is 3.19. The molecule has 0 saturated carbocycles. The van der Waals surface area contributed by atoms with Gasteiger partial charge in [0.05, 0.1) is 18.3 Å². The van der Waals surface area contributed by atoms with Crippen molar-refractivity contribution < 1.29 is 9.59 Å². The molecule has 1 saturated heterocycles. The third-order valence-electron chi connectivity index (χ3n) is 6.30. The van der Waals surface area contributed by atoms with Gasteiger partial charge in [-0.2, -0.15) is 0 Å². The van der Waals surface area contributed by atoms with Crippen LogP contribution >= 0.6 is 23.2 Å². The molecule has 2 aliphatic heterocycles. The molecule has 0 radical (unpaired) electrons. The molecule has 4 rings (SSSR count). The normalized spacial score (nSPS) is 18.3. The molecule has 0 spiro atoms. The van der Waals surface area contributed by atoms with Crippen LogP contribution in [-0.2, 0) is 11.3 Å². The third-order valence-corrected chi connectivity index (χ3v) is 6.90. The summed E-state index contributed by atoms with van der Waals surface area (Å²) in [5, 5.41) is 12.3. The smallest absolute Gasteiger partial charge is 0.269 e. The fourth-order valence-electron chi connectivity index (χ4n) is 4.35. The summed E-state index contributed by atoms with van der Waals surface area (Å²) in [4.78, 5) is 33.5. The van der Waals surface area contributed by atoms with Gasteiger partial charge in [-0.1, -0.05) is 23.2 Å². The molecule has 10 heteroatoms. The zero-order valence-corrected chi connectivity index (χ0v) is 20.8. The second-order valence-electron chi connectivity index (χ2n) is 8.74. The standard InChI is InChI=1S/C25H28Cl2N6O2/c26-18-5-8-20(27)17(13-18)15-33-12-9-30-23(29)22(33)14-21(28)24(34)31-19-6-3-16(4-7-19)25(35)32-10-1-2-11-32/h3-8,13,22,28H,1-2,9-12,14-15H2,(H2,29,30)(H,31,34). The number of likely N-dealkylation sites (tertiary alicyclic amines) is 1. The average Bonchev–Trinajstić information content (AvgIpc) is 3.38. The van der Waals surface area contributed by atoms with E-state index >= 15 is 0 Å². The highest BCUT2D eigenvalue weighted by Crippen LogP contribution is 2.24. The third kappa shape index (κ3) is 6.20. The number of benzene rings is 2. The van der Waals surface area contributed by atoms with E-state index in [1.807, 2.05) is 4.90 Å². The van der Waals surface area contributed by atoms with Gasteiger partial charge >= 0.3 is 0 Å². The lowest BCUT2D eigenvalue weighted by Crippen LogP contribution is -2.50. The molecule has 1 fully saturated rings. The summed E-state index contributed by atoms with van der Waals surface area (Å²) in [6.07, 6.45) is 2.16. The van der Waals surface area contributed by atoms with E-state index in [0.29, 0.717) is 46.8 Å². The van der Waals surface area contributed by atoms with E-state index in [9.17, 15) is 9.59 Å². The van der Waals surface area contributed by atoms with Crippen LogP contribution in [0.2, 0.25) is 10.0 Å². The molecule has 2 amide bonds. The van der Waals surface area contributed by atoms with Crippen LogP contribution in [0, 0.1) is 5.41 Å². The lowest BCUT2D eigenvalue weighted by atomic mass is 10.0. The number of hydrogen-bond acceptors (Lipinski definition) is 6. The van der Waals surface area contributed by atoms with Crippen LogP contribution in [0.4, 0.5) is 5.69 Å². The number of amidine groups is 1. The zero-order chi connectivity index (χ0) is 24.9. The van der Waals surface area contributed by atoms with Crippen LogP contribution in [0.5, 0.6) is 0 Å². The van der Waals surface area contributed by atoms with Gasteiger partial charge in [0, 0.05) is 53.9 Å². The van der Waals surface area contributed by atoms with E-state index < -0.39 is 11.9 Å². The number of carbonyl (C=O) groups is 2. The van der Waals surface area contributed by atoms with Crippen molar-refractivity contribution in [1.82, 2.24) is 9.80 Å². The lowest BCUT2D eigenvalue weighted by molar-refractivity contribution is -0.110. The fourth-order valence-corrected chi connectivity index (χ4v) is 4.73. The first-order chi connectivity index (χ1) is 16.8. The fraction of sp³-hybridized carbons (Fsp3) is 0.360. The maximum Gasteiger partial charge on any atom is 0.269 e. The molecule has 184 valence electrons. The Morgan fingerprint density at radius 2 is 1.80 bits per heavy atom. The summed E-state index contributed by atoms with van der Waals surface area (Å²) in [5.41, 5.74) is 8.01. The number of nitrogens with one attached hydrogen (secondary N) is 2. The number of rotatable bonds is 7. The minimum absolute atomic E-state index is 0.0000730. The molecule has 2 aromatic carbocycles. The molecule has 35 heavy (non-hydrogen) atoms. The molecule has 2 aliphatic rings.